The van der Waals surface area contributed by atoms with Crippen LogP contribution in [0.15, 0.2) is 65.6 Å². The van der Waals surface area contributed by atoms with Crippen molar-refractivity contribution in [3.63, 3.8) is 0 Å². The highest BCUT2D eigenvalue weighted by molar-refractivity contribution is 5.82. The number of nitrogens with one attached hydrogen (secondary N) is 4. The first kappa shape index (κ1) is 30.1. The topological polar surface area (TPSA) is 172 Å². The van der Waals surface area contributed by atoms with Crippen molar-refractivity contribution >= 4 is 23.0 Å². The molecule has 2 saturated heterocycles. The van der Waals surface area contributed by atoms with Gasteiger partial charge >= 0.3 is 11.9 Å². The lowest BCUT2D eigenvalue weighted by molar-refractivity contribution is -0.161. The van der Waals surface area contributed by atoms with Crippen molar-refractivity contribution in [2.75, 3.05) is 39.3 Å². The molecule has 0 amide bonds. The Kier molecular flexibility index (Phi) is 7.97. The molecule has 1 unspecified atom stereocenters. The second-order valence-corrected chi connectivity index (χ2v) is 11.4. The predicted molar refractivity (Wildman–Crippen MR) is 165 cm³/mol. The molecule has 0 radical (unpaired) electrons. The Hall–Kier alpha value is -4.89. The van der Waals surface area contributed by atoms with Crippen molar-refractivity contribution in [1.82, 2.24) is 34.6 Å². The molecule has 2 aliphatic heterocycles. The fourth-order valence-electron chi connectivity index (χ4n) is 5.75. The van der Waals surface area contributed by atoms with Gasteiger partial charge in [0.2, 0.25) is 0 Å². The largest absolute Gasteiger partial charge is 0.407 e. The number of likely N-dealkylation sites (tertiary alicyclic amines) is 1. The van der Waals surface area contributed by atoms with Crippen LogP contribution in [0, 0.1) is 10.8 Å². The van der Waals surface area contributed by atoms with E-state index in [0.717, 1.165) is 25.2 Å². The number of hydrogen-bond donors (Lipinski definition) is 6. The van der Waals surface area contributed by atoms with Crippen LogP contribution >= 0.6 is 0 Å². The normalized spacial score (nSPS) is 17.0. The Balaban J connectivity index is 1.15. The number of alkyl halides is 3. The number of nitrogens with two attached hydrogens (primary N) is 2. The molecule has 0 aliphatic carbocycles. The molecule has 4 aromatic rings. The SMILES string of the molecule is N=C(N)N1CCN(Cc2ccc(-n3cc4cc(-c5ccc(C(NC6CN(C(=N)N)C6)C(F)(F)F)cc5)[nH]c4nc3=O)cc2)CC1. The number of guanidine groups is 2. The molecule has 236 valence electrons. The van der Waals surface area contributed by atoms with Crippen LogP contribution < -0.4 is 22.5 Å². The number of benzene rings is 2. The molecule has 2 aliphatic rings. The summed E-state index contributed by atoms with van der Waals surface area (Å²) in [5.74, 6) is -0.0619. The van der Waals surface area contributed by atoms with Gasteiger partial charge in [0.05, 0.1) is 5.69 Å². The second-order valence-electron chi connectivity index (χ2n) is 11.4. The molecular formula is C30H34F3N11O. The zero-order valence-electron chi connectivity index (χ0n) is 24.3. The van der Waals surface area contributed by atoms with Crippen molar-refractivity contribution in [3.05, 3.63) is 82.4 Å². The van der Waals surface area contributed by atoms with Gasteiger partial charge < -0.3 is 26.3 Å². The van der Waals surface area contributed by atoms with E-state index in [9.17, 15) is 18.0 Å². The third-order valence-corrected chi connectivity index (χ3v) is 8.35. The highest BCUT2D eigenvalue weighted by atomic mass is 19.4. The molecule has 4 heterocycles. The monoisotopic (exact) mass is 621 g/mol. The molecule has 2 aromatic carbocycles. The van der Waals surface area contributed by atoms with Gasteiger partial charge in [-0.15, -0.1) is 0 Å². The Morgan fingerprint density at radius 1 is 0.978 bits per heavy atom. The number of hydrogen-bond acceptors (Lipinski definition) is 6. The zero-order chi connectivity index (χ0) is 31.9. The standard InChI is InChI=1S/C30H34F3N11O/c31-30(32,33)25(38-22-16-43(17-22)28(36)37)20-5-3-19(4-6-20)24-13-21-15-44(29(45)40-26(21)39-24)23-7-1-18(2-8-23)14-41-9-11-42(12-10-41)27(34)35/h1-8,13,15,22,25,38H,9-12,14,16-17H2,(H3,34,35)(H3,36,37)(H,39,40,45). The fourth-order valence-corrected chi connectivity index (χ4v) is 5.75. The zero-order valence-corrected chi connectivity index (χ0v) is 24.3. The quantitative estimate of drug-likeness (QED) is 0.135. The van der Waals surface area contributed by atoms with Gasteiger partial charge in [-0.1, -0.05) is 36.4 Å². The lowest BCUT2D eigenvalue weighted by Crippen LogP contribution is -2.62. The van der Waals surface area contributed by atoms with E-state index < -0.39 is 23.9 Å². The number of fused-ring (bicyclic) bond motifs is 1. The number of nitrogens with zero attached hydrogens (tertiary/aromatic N) is 5. The van der Waals surface area contributed by atoms with Gasteiger partial charge in [-0.2, -0.15) is 18.2 Å². The van der Waals surface area contributed by atoms with Crippen molar-refractivity contribution in [2.24, 2.45) is 11.5 Å². The highest BCUT2D eigenvalue weighted by Crippen LogP contribution is 2.35. The third kappa shape index (κ3) is 6.49. The molecule has 12 nitrogen and oxygen atoms in total. The number of H-pyrrole nitrogens is 1. The van der Waals surface area contributed by atoms with E-state index in [-0.39, 0.29) is 30.6 Å². The summed E-state index contributed by atoms with van der Waals surface area (Å²) in [7, 11) is 0. The first-order valence-electron chi connectivity index (χ1n) is 14.5. The maximum Gasteiger partial charge on any atom is 0.407 e. The minimum Gasteiger partial charge on any atom is -0.370 e. The van der Waals surface area contributed by atoms with Crippen LogP contribution in [0.5, 0.6) is 0 Å². The molecule has 8 N–H and O–H groups in total. The molecule has 0 saturated carbocycles. The highest BCUT2D eigenvalue weighted by Gasteiger charge is 2.43. The van der Waals surface area contributed by atoms with Gasteiger partial charge in [0.25, 0.3) is 0 Å². The van der Waals surface area contributed by atoms with Gasteiger partial charge in [0, 0.05) is 69.1 Å². The number of aromatic amines is 1. The minimum absolute atomic E-state index is 0.0724. The van der Waals surface area contributed by atoms with Crippen LogP contribution in [0.3, 0.4) is 0 Å². The second kappa shape index (κ2) is 11.9. The van der Waals surface area contributed by atoms with Crippen LogP contribution in [0.25, 0.3) is 28.0 Å². The molecule has 2 aromatic heterocycles. The van der Waals surface area contributed by atoms with Crippen LogP contribution in [0.2, 0.25) is 0 Å². The van der Waals surface area contributed by atoms with Gasteiger partial charge in [0.15, 0.2) is 11.9 Å². The van der Waals surface area contributed by atoms with E-state index in [1.807, 2.05) is 35.2 Å². The van der Waals surface area contributed by atoms with E-state index >= 15 is 0 Å². The maximum absolute atomic E-state index is 13.9. The summed E-state index contributed by atoms with van der Waals surface area (Å²) >= 11 is 0. The summed E-state index contributed by atoms with van der Waals surface area (Å²) in [6, 6.07) is 13.3. The summed E-state index contributed by atoms with van der Waals surface area (Å²) in [6.45, 7) is 4.28. The van der Waals surface area contributed by atoms with Gasteiger partial charge in [0.1, 0.15) is 11.7 Å². The van der Waals surface area contributed by atoms with Crippen molar-refractivity contribution < 1.29 is 13.2 Å². The van der Waals surface area contributed by atoms with Crippen LogP contribution in [0.4, 0.5) is 13.2 Å². The van der Waals surface area contributed by atoms with Crippen molar-refractivity contribution in [3.8, 4) is 16.9 Å². The van der Waals surface area contributed by atoms with Gasteiger partial charge in [-0.3, -0.25) is 25.6 Å². The molecule has 1 atom stereocenters. The molecule has 0 spiro atoms. The molecular weight excluding hydrogens is 587 g/mol. The van der Waals surface area contributed by atoms with Crippen LogP contribution in [-0.2, 0) is 6.54 Å². The van der Waals surface area contributed by atoms with Crippen LogP contribution in [-0.4, -0.2) is 92.6 Å². The van der Waals surface area contributed by atoms with Crippen molar-refractivity contribution in [1.29, 1.82) is 10.8 Å². The minimum atomic E-state index is -4.51. The van der Waals surface area contributed by atoms with Gasteiger partial charge in [-0.25, -0.2) is 4.79 Å². The summed E-state index contributed by atoms with van der Waals surface area (Å²) in [4.78, 5) is 25.9. The summed E-state index contributed by atoms with van der Waals surface area (Å²) < 4.78 is 43.2. The summed E-state index contributed by atoms with van der Waals surface area (Å²) in [5, 5.41) is 18.3. The molecule has 2 fully saturated rings. The van der Waals surface area contributed by atoms with E-state index in [4.69, 9.17) is 22.3 Å². The predicted octanol–water partition coefficient (Wildman–Crippen LogP) is 2.16. The number of halogens is 3. The summed E-state index contributed by atoms with van der Waals surface area (Å²) in [6.07, 6.45) is -2.81. The van der Waals surface area contributed by atoms with E-state index in [1.165, 1.54) is 21.6 Å². The first-order chi connectivity index (χ1) is 21.4. The fraction of sp³-hybridized carbons (Fsp3) is 0.333. The first-order valence-corrected chi connectivity index (χ1v) is 14.5. The third-order valence-electron chi connectivity index (χ3n) is 8.35. The van der Waals surface area contributed by atoms with E-state index in [1.54, 1.807) is 18.3 Å². The molecule has 0 bridgehead atoms. The van der Waals surface area contributed by atoms with E-state index in [0.29, 0.717) is 41.1 Å². The lowest BCUT2D eigenvalue weighted by atomic mass is 10.0. The lowest BCUT2D eigenvalue weighted by Gasteiger charge is -2.42. The number of aromatic nitrogens is 3. The Morgan fingerprint density at radius 3 is 2.22 bits per heavy atom. The summed E-state index contributed by atoms with van der Waals surface area (Å²) in [5.41, 5.74) is 14.0. The Labute approximate surface area is 256 Å². The van der Waals surface area contributed by atoms with E-state index in [2.05, 4.69) is 20.2 Å². The average Bonchev–Trinajstić information content (AvgIpc) is 3.39. The number of rotatable bonds is 7. The van der Waals surface area contributed by atoms with Crippen molar-refractivity contribution in [2.45, 2.75) is 24.8 Å². The number of piperazine rings is 1. The van der Waals surface area contributed by atoms with Gasteiger partial charge in [-0.05, 0) is 34.9 Å². The Bertz CT molecular complexity index is 1750. The average molecular weight is 622 g/mol. The molecule has 15 heteroatoms. The maximum atomic E-state index is 13.9. The molecule has 6 rings (SSSR count). The molecule has 45 heavy (non-hydrogen) atoms. The smallest absolute Gasteiger partial charge is 0.370 e. The Morgan fingerprint density at radius 2 is 1.62 bits per heavy atom. The van der Waals surface area contributed by atoms with Crippen LogP contribution in [0.1, 0.15) is 17.2 Å².